The van der Waals surface area contributed by atoms with Crippen molar-refractivity contribution in [2.24, 2.45) is 12.8 Å². The molecule has 10 heteroatoms. The van der Waals surface area contributed by atoms with Crippen LogP contribution in [0.3, 0.4) is 0 Å². The number of anilines is 4. The Morgan fingerprint density at radius 3 is 2.78 bits per heavy atom. The second-order valence-electron chi connectivity index (χ2n) is 6.88. The van der Waals surface area contributed by atoms with Gasteiger partial charge in [0.25, 0.3) is 0 Å². The molecule has 2 atom stereocenters. The zero-order chi connectivity index (χ0) is 19.0. The largest absolute Gasteiger partial charge is 0.399 e. The molecule has 9 nitrogen and oxygen atoms in total. The molecule has 2 unspecified atom stereocenters. The Morgan fingerprint density at radius 1 is 1.19 bits per heavy atom. The minimum absolute atomic E-state index is 0.0897. The highest BCUT2D eigenvalue weighted by molar-refractivity contribution is 6.31. The van der Waals surface area contributed by atoms with E-state index in [1.54, 1.807) is 29.9 Å². The van der Waals surface area contributed by atoms with Gasteiger partial charge >= 0.3 is 0 Å². The van der Waals surface area contributed by atoms with Gasteiger partial charge in [0.1, 0.15) is 0 Å². The van der Waals surface area contributed by atoms with Gasteiger partial charge in [0, 0.05) is 35.5 Å². The van der Waals surface area contributed by atoms with Gasteiger partial charge in [0.15, 0.2) is 17.0 Å². The molecule has 0 radical (unpaired) electrons. The third-order valence-electron chi connectivity index (χ3n) is 4.77. The molecule has 1 aliphatic rings. The molecule has 0 saturated heterocycles. The molecule has 0 aliphatic heterocycles. The van der Waals surface area contributed by atoms with E-state index in [2.05, 4.69) is 30.9 Å². The van der Waals surface area contributed by atoms with Gasteiger partial charge in [-0.15, -0.1) is 5.10 Å². The number of rotatable bonds is 4. The predicted octanol–water partition coefficient (Wildman–Crippen LogP) is 2.42. The molecule has 0 spiro atoms. The van der Waals surface area contributed by atoms with Crippen molar-refractivity contribution in [1.82, 2.24) is 25.0 Å². The van der Waals surface area contributed by atoms with Crippen LogP contribution in [-0.2, 0) is 7.05 Å². The summed E-state index contributed by atoms with van der Waals surface area (Å²) in [7, 11) is 1.79. The molecule has 4 rings (SSSR count). The first-order chi connectivity index (χ1) is 13.0. The molecular formula is C17H22ClN9. The highest BCUT2D eigenvalue weighted by Gasteiger charge is 2.23. The number of hydrogen-bond acceptors (Lipinski definition) is 8. The Labute approximate surface area is 161 Å². The molecule has 1 saturated carbocycles. The summed E-state index contributed by atoms with van der Waals surface area (Å²) in [4.78, 5) is 9.18. The van der Waals surface area contributed by atoms with Crippen molar-refractivity contribution in [3.8, 4) is 0 Å². The van der Waals surface area contributed by atoms with E-state index in [0.717, 1.165) is 25.7 Å². The average molecular weight is 388 g/mol. The Bertz CT molecular complexity index is 950. The average Bonchev–Trinajstić information content (AvgIpc) is 2.98. The standard InChI is InChI=1S/C17H22ClN9/c1-27-16-14(25-26-27)15(21-11-7-9(18)6-10(19)8-11)23-17(24-16)22-13-5-3-2-4-12(13)20/h6-8,12-13H,2-5,19-20H2,1H3,(H2,21,22,23,24). The van der Waals surface area contributed by atoms with Gasteiger partial charge in [-0.25, -0.2) is 4.68 Å². The first-order valence-electron chi connectivity index (χ1n) is 8.92. The van der Waals surface area contributed by atoms with Gasteiger partial charge in [-0.1, -0.05) is 29.7 Å². The summed E-state index contributed by atoms with van der Waals surface area (Å²) >= 11 is 6.10. The topological polar surface area (TPSA) is 133 Å². The summed E-state index contributed by atoms with van der Waals surface area (Å²) in [5.74, 6) is 1.02. The lowest BCUT2D eigenvalue weighted by molar-refractivity contribution is 0.402. The lowest BCUT2D eigenvalue weighted by Crippen LogP contribution is -2.43. The number of fused-ring (bicyclic) bond motifs is 1. The van der Waals surface area contributed by atoms with Gasteiger partial charge in [0.05, 0.1) is 0 Å². The third-order valence-corrected chi connectivity index (χ3v) is 4.99. The predicted molar refractivity (Wildman–Crippen MR) is 107 cm³/mol. The molecule has 2 aromatic heterocycles. The summed E-state index contributed by atoms with van der Waals surface area (Å²) in [6.45, 7) is 0. The molecule has 0 amide bonds. The summed E-state index contributed by atoms with van der Waals surface area (Å²) < 4.78 is 1.61. The first kappa shape index (κ1) is 17.7. The second-order valence-corrected chi connectivity index (χ2v) is 7.31. The van der Waals surface area contributed by atoms with E-state index in [1.165, 1.54) is 0 Å². The van der Waals surface area contributed by atoms with Crippen LogP contribution < -0.4 is 22.1 Å². The molecule has 1 aromatic carbocycles. The van der Waals surface area contributed by atoms with Crippen LogP contribution >= 0.6 is 11.6 Å². The number of nitrogens with two attached hydrogens (primary N) is 2. The van der Waals surface area contributed by atoms with Crippen LogP contribution in [0, 0.1) is 0 Å². The van der Waals surface area contributed by atoms with Crippen molar-refractivity contribution >= 4 is 45.9 Å². The van der Waals surface area contributed by atoms with Crippen LogP contribution in [0.1, 0.15) is 25.7 Å². The van der Waals surface area contributed by atoms with Crippen LogP contribution in [0.2, 0.25) is 5.02 Å². The minimum Gasteiger partial charge on any atom is -0.399 e. The van der Waals surface area contributed by atoms with Crippen molar-refractivity contribution in [3.05, 3.63) is 23.2 Å². The summed E-state index contributed by atoms with van der Waals surface area (Å²) in [6, 6.07) is 5.47. The van der Waals surface area contributed by atoms with Gasteiger partial charge in [-0.2, -0.15) is 9.97 Å². The van der Waals surface area contributed by atoms with E-state index in [-0.39, 0.29) is 12.1 Å². The zero-order valence-electron chi connectivity index (χ0n) is 15.0. The number of nitrogen functional groups attached to an aromatic ring is 1. The van der Waals surface area contributed by atoms with Crippen LogP contribution in [0.25, 0.3) is 11.2 Å². The molecule has 2 heterocycles. The van der Waals surface area contributed by atoms with E-state index < -0.39 is 0 Å². The molecule has 1 fully saturated rings. The number of halogens is 1. The number of nitrogens with one attached hydrogen (secondary N) is 2. The SMILES string of the molecule is Cn1nnc2c(Nc3cc(N)cc(Cl)c3)nc(NC3CCCCC3N)nc21. The minimum atomic E-state index is 0.0897. The smallest absolute Gasteiger partial charge is 0.227 e. The summed E-state index contributed by atoms with van der Waals surface area (Å²) in [6.07, 6.45) is 4.31. The van der Waals surface area contributed by atoms with Gasteiger partial charge in [-0.05, 0) is 31.0 Å². The number of hydrogen-bond donors (Lipinski definition) is 4. The highest BCUT2D eigenvalue weighted by Crippen LogP contribution is 2.28. The highest BCUT2D eigenvalue weighted by atomic mass is 35.5. The quantitative estimate of drug-likeness (QED) is 0.501. The van der Waals surface area contributed by atoms with Crippen LogP contribution in [0.4, 0.5) is 23.1 Å². The molecule has 1 aliphatic carbocycles. The zero-order valence-corrected chi connectivity index (χ0v) is 15.7. The summed E-state index contributed by atoms with van der Waals surface area (Å²) in [5.41, 5.74) is 14.6. The normalized spacial score (nSPS) is 20.0. The molecule has 6 N–H and O–H groups in total. The lowest BCUT2D eigenvalue weighted by atomic mass is 9.91. The van der Waals surface area contributed by atoms with Crippen molar-refractivity contribution in [1.29, 1.82) is 0 Å². The second kappa shape index (κ2) is 7.16. The Hall–Kier alpha value is -2.65. The number of nitrogens with zero attached hydrogens (tertiary/aromatic N) is 5. The monoisotopic (exact) mass is 387 g/mol. The molecule has 142 valence electrons. The fourth-order valence-corrected chi connectivity index (χ4v) is 3.64. The van der Waals surface area contributed by atoms with Gasteiger partial charge in [-0.3, -0.25) is 0 Å². The Balaban J connectivity index is 1.70. The van der Waals surface area contributed by atoms with Crippen LogP contribution in [-0.4, -0.2) is 37.0 Å². The van der Waals surface area contributed by atoms with Crippen molar-refractivity contribution in [2.75, 3.05) is 16.4 Å². The maximum absolute atomic E-state index is 6.25. The summed E-state index contributed by atoms with van der Waals surface area (Å²) in [5, 5.41) is 15.4. The number of aromatic nitrogens is 5. The van der Waals surface area contributed by atoms with Crippen molar-refractivity contribution in [2.45, 2.75) is 37.8 Å². The van der Waals surface area contributed by atoms with Crippen LogP contribution in [0.5, 0.6) is 0 Å². The first-order valence-corrected chi connectivity index (χ1v) is 9.30. The van der Waals surface area contributed by atoms with E-state index in [0.29, 0.717) is 39.3 Å². The van der Waals surface area contributed by atoms with E-state index in [9.17, 15) is 0 Å². The van der Waals surface area contributed by atoms with Crippen molar-refractivity contribution < 1.29 is 0 Å². The van der Waals surface area contributed by atoms with E-state index in [4.69, 9.17) is 23.1 Å². The van der Waals surface area contributed by atoms with Gasteiger partial charge in [0.2, 0.25) is 5.95 Å². The van der Waals surface area contributed by atoms with Crippen molar-refractivity contribution in [3.63, 3.8) is 0 Å². The number of aryl methyl sites for hydroxylation is 1. The molecular weight excluding hydrogens is 366 g/mol. The fourth-order valence-electron chi connectivity index (χ4n) is 3.39. The Morgan fingerprint density at radius 2 is 2.00 bits per heavy atom. The Kier molecular flexibility index (Phi) is 4.71. The number of benzene rings is 1. The lowest BCUT2D eigenvalue weighted by Gasteiger charge is -2.29. The third kappa shape index (κ3) is 3.74. The van der Waals surface area contributed by atoms with E-state index >= 15 is 0 Å². The molecule has 0 bridgehead atoms. The fraction of sp³-hybridized carbons (Fsp3) is 0.412. The maximum atomic E-state index is 6.25. The van der Waals surface area contributed by atoms with Gasteiger partial charge < -0.3 is 22.1 Å². The van der Waals surface area contributed by atoms with Crippen LogP contribution in [0.15, 0.2) is 18.2 Å². The van der Waals surface area contributed by atoms with E-state index in [1.807, 2.05) is 0 Å². The molecule has 3 aromatic rings. The maximum Gasteiger partial charge on any atom is 0.227 e. The molecule has 27 heavy (non-hydrogen) atoms.